The molecule has 4 aromatic rings. The number of nitrogens with two attached hydrogens (primary N) is 3. The lowest BCUT2D eigenvalue weighted by molar-refractivity contribution is -0.135. The van der Waals surface area contributed by atoms with Crippen LogP contribution in [-0.4, -0.2) is 89.8 Å². The molecule has 13 N–H and O–H groups in total. The summed E-state index contributed by atoms with van der Waals surface area (Å²) in [4.78, 5) is 89.2. The number of nitrogens with zero attached hydrogens (tertiary/aromatic N) is 1. The SMILES string of the molecule is CCCCNC(=O)NC1(C(=O)N[C@H](Cc2ccccc2)C(=O)N[C@@H](CCCN=C(N)N)C(=O)N[C@@H](Cc2c[nH]c3ccccc23)C(=O)NCC(N)=O)CCC(c2ccccc2)CC1. The molecule has 336 valence electrons. The lowest BCUT2D eigenvalue weighted by Crippen LogP contribution is -2.65. The van der Waals surface area contributed by atoms with Gasteiger partial charge in [0.1, 0.15) is 23.7 Å². The molecule has 63 heavy (non-hydrogen) atoms. The van der Waals surface area contributed by atoms with Gasteiger partial charge < -0.3 is 54.1 Å². The number of para-hydroxylation sites is 1. The maximum Gasteiger partial charge on any atom is 0.315 e. The number of amides is 7. The van der Waals surface area contributed by atoms with E-state index in [1.165, 1.54) is 0 Å². The van der Waals surface area contributed by atoms with Crippen LogP contribution in [0.5, 0.6) is 0 Å². The third-order valence-corrected chi connectivity index (χ3v) is 11.4. The zero-order valence-electron chi connectivity index (χ0n) is 35.8. The number of benzene rings is 3. The molecule has 0 bridgehead atoms. The van der Waals surface area contributed by atoms with Crippen molar-refractivity contribution < 1.29 is 28.8 Å². The summed E-state index contributed by atoms with van der Waals surface area (Å²) in [7, 11) is 0. The van der Waals surface area contributed by atoms with Crippen LogP contribution in [0, 0.1) is 0 Å². The van der Waals surface area contributed by atoms with Gasteiger partial charge in [0.15, 0.2) is 5.96 Å². The Bertz CT molecular complexity index is 2180. The Morgan fingerprint density at radius 1 is 0.746 bits per heavy atom. The molecule has 0 unspecified atom stereocenters. The van der Waals surface area contributed by atoms with Gasteiger partial charge in [-0.2, -0.15) is 0 Å². The van der Waals surface area contributed by atoms with Crippen molar-refractivity contribution in [2.24, 2.45) is 22.2 Å². The van der Waals surface area contributed by atoms with Crippen molar-refractivity contribution in [2.75, 3.05) is 19.6 Å². The zero-order chi connectivity index (χ0) is 45.2. The number of aromatic amines is 1. The van der Waals surface area contributed by atoms with Crippen LogP contribution >= 0.6 is 0 Å². The van der Waals surface area contributed by atoms with Crippen LogP contribution < -0.4 is 49.1 Å². The molecule has 0 spiro atoms. The van der Waals surface area contributed by atoms with E-state index in [2.05, 4.69) is 54.0 Å². The molecular formula is C46H61N11O6. The molecule has 0 aliphatic heterocycles. The van der Waals surface area contributed by atoms with E-state index in [4.69, 9.17) is 17.2 Å². The Morgan fingerprint density at radius 2 is 1.38 bits per heavy atom. The fourth-order valence-electron chi connectivity index (χ4n) is 7.92. The third kappa shape index (κ3) is 14.1. The minimum absolute atomic E-state index is 0.0357. The first-order chi connectivity index (χ1) is 30.4. The minimum Gasteiger partial charge on any atom is -0.370 e. The highest BCUT2D eigenvalue weighted by Gasteiger charge is 2.45. The van der Waals surface area contributed by atoms with Crippen LogP contribution in [0.25, 0.3) is 10.9 Å². The van der Waals surface area contributed by atoms with E-state index in [0.29, 0.717) is 32.2 Å². The van der Waals surface area contributed by atoms with Crippen LogP contribution in [0.1, 0.15) is 80.9 Å². The van der Waals surface area contributed by atoms with E-state index < -0.39 is 65.8 Å². The van der Waals surface area contributed by atoms with Gasteiger partial charge in [0, 0.05) is 43.0 Å². The van der Waals surface area contributed by atoms with Gasteiger partial charge in [-0.05, 0) is 73.6 Å². The number of rotatable bonds is 22. The van der Waals surface area contributed by atoms with E-state index in [0.717, 1.165) is 40.4 Å². The number of carbonyl (C=O) groups is 6. The van der Waals surface area contributed by atoms with Crippen molar-refractivity contribution in [3.63, 3.8) is 0 Å². The van der Waals surface area contributed by atoms with Gasteiger partial charge >= 0.3 is 6.03 Å². The smallest absolute Gasteiger partial charge is 0.315 e. The Morgan fingerprint density at radius 3 is 2.06 bits per heavy atom. The summed E-state index contributed by atoms with van der Waals surface area (Å²) in [5.74, 6) is -3.28. The van der Waals surface area contributed by atoms with E-state index in [-0.39, 0.29) is 44.1 Å². The van der Waals surface area contributed by atoms with E-state index in [1.807, 2.05) is 79.7 Å². The van der Waals surface area contributed by atoms with Crippen LogP contribution in [0.3, 0.4) is 0 Å². The summed E-state index contributed by atoms with van der Waals surface area (Å²) in [5, 5.41) is 17.8. The average molecular weight is 864 g/mol. The summed E-state index contributed by atoms with van der Waals surface area (Å²) < 4.78 is 0. The van der Waals surface area contributed by atoms with Crippen molar-refractivity contribution in [1.82, 2.24) is 36.9 Å². The number of urea groups is 1. The largest absolute Gasteiger partial charge is 0.370 e. The number of aromatic nitrogens is 1. The van der Waals surface area contributed by atoms with Gasteiger partial charge in [0.25, 0.3) is 0 Å². The number of H-pyrrole nitrogens is 1. The molecule has 1 aliphatic rings. The van der Waals surface area contributed by atoms with Gasteiger partial charge in [0.2, 0.25) is 29.5 Å². The van der Waals surface area contributed by atoms with Crippen molar-refractivity contribution in [3.8, 4) is 0 Å². The Labute approximate surface area is 367 Å². The molecular weight excluding hydrogens is 803 g/mol. The fourth-order valence-corrected chi connectivity index (χ4v) is 7.92. The van der Waals surface area contributed by atoms with Crippen LogP contribution in [-0.2, 0) is 36.8 Å². The topological polar surface area (TPSA) is 281 Å². The molecule has 3 aromatic carbocycles. The van der Waals surface area contributed by atoms with Gasteiger partial charge in [-0.1, -0.05) is 92.2 Å². The highest BCUT2D eigenvalue weighted by molar-refractivity contribution is 5.97. The Kier molecular flexibility index (Phi) is 17.5. The van der Waals surface area contributed by atoms with Crippen LogP contribution in [0.15, 0.2) is 96.1 Å². The Balaban J connectivity index is 1.41. The van der Waals surface area contributed by atoms with Crippen molar-refractivity contribution in [1.29, 1.82) is 0 Å². The lowest BCUT2D eigenvalue weighted by Gasteiger charge is -2.40. The van der Waals surface area contributed by atoms with Gasteiger partial charge in [-0.3, -0.25) is 29.0 Å². The molecule has 0 saturated heterocycles. The van der Waals surface area contributed by atoms with Crippen molar-refractivity contribution in [3.05, 3.63) is 108 Å². The maximum absolute atomic E-state index is 14.7. The highest BCUT2D eigenvalue weighted by Crippen LogP contribution is 2.38. The zero-order valence-corrected chi connectivity index (χ0v) is 35.8. The second kappa shape index (κ2) is 23.3. The Hall–Kier alpha value is -6.91. The van der Waals surface area contributed by atoms with E-state index in [9.17, 15) is 28.8 Å². The summed E-state index contributed by atoms with van der Waals surface area (Å²) in [5.41, 5.74) is 18.6. The average Bonchev–Trinajstić information content (AvgIpc) is 3.69. The first-order valence-electron chi connectivity index (χ1n) is 21.6. The number of nitrogens with one attached hydrogen (secondary N) is 7. The number of fused-ring (bicyclic) bond motifs is 1. The molecule has 17 nitrogen and oxygen atoms in total. The summed E-state index contributed by atoms with van der Waals surface area (Å²) in [6, 6.07) is 22.5. The van der Waals surface area contributed by atoms with Crippen molar-refractivity contribution in [2.45, 2.75) is 101 Å². The molecule has 17 heteroatoms. The molecule has 1 heterocycles. The quantitative estimate of drug-likeness (QED) is 0.0317. The fraction of sp³-hybridized carbons (Fsp3) is 0.413. The number of unbranched alkanes of at least 4 members (excludes halogenated alkanes) is 1. The standard InChI is InChI=1S/C46H61N11O6/c1-2-3-24-51-45(63)57-46(22-20-32(21-23-46)31-15-8-5-9-16-31)43(62)56-37(26-30-13-6-4-7-14-30)42(61)54-36(19-12-25-50-44(48)49)41(60)55-38(40(59)53-29-39(47)58)27-33-28-52-35-18-11-10-17-34(33)35/h4-11,13-18,28,32,36-38,52H,2-3,12,19-27,29H2,1H3,(H2,47,58)(H,53,59)(H,54,61)(H,55,60)(H,56,62)(H4,48,49,50)(H2,51,57,63)/t32?,36-,37+,38-,46?/m0/s1. The molecule has 5 rings (SSSR count). The predicted octanol–water partition coefficient (Wildman–Crippen LogP) is 2.26. The van der Waals surface area contributed by atoms with E-state index in [1.54, 1.807) is 6.20 Å². The molecule has 3 atom stereocenters. The van der Waals surface area contributed by atoms with E-state index >= 15 is 0 Å². The monoisotopic (exact) mass is 863 g/mol. The molecule has 1 fully saturated rings. The third-order valence-electron chi connectivity index (χ3n) is 11.4. The number of hydrogen-bond donors (Lipinski definition) is 10. The van der Waals surface area contributed by atoms with Crippen molar-refractivity contribution >= 4 is 52.4 Å². The maximum atomic E-state index is 14.7. The molecule has 1 saturated carbocycles. The number of aliphatic imine (C=N–C) groups is 1. The molecule has 1 aliphatic carbocycles. The summed E-state index contributed by atoms with van der Waals surface area (Å²) in [6.07, 6.45) is 5.67. The second-order valence-electron chi connectivity index (χ2n) is 16.0. The highest BCUT2D eigenvalue weighted by atomic mass is 16.2. The van der Waals surface area contributed by atoms with Gasteiger partial charge in [-0.25, -0.2) is 4.79 Å². The first kappa shape index (κ1) is 47.1. The normalized spacial score (nSPS) is 17.3. The molecule has 7 amide bonds. The summed E-state index contributed by atoms with van der Waals surface area (Å²) in [6.45, 7) is 2.14. The van der Waals surface area contributed by atoms with Crippen LogP contribution in [0.2, 0.25) is 0 Å². The number of hydrogen-bond acceptors (Lipinski definition) is 7. The molecule has 1 aromatic heterocycles. The first-order valence-corrected chi connectivity index (χ1v) is 21.6. The predicted molar refractivity (Wildman–Crippen MR) is 242 cm³/mol. The minimum atomic E-state index is -1.33. The number of primary amides is 1. The number of carbonyl (C=O) groups excluding carboxylic acids is 6. The second-order valence-corrected chi connectivity index (χ2v) is 16.0. The molecule has 0 radical (unpaired) electrons. The lowest BCUT2D eigenvalue weighted by atomic mass is 9.73. The van der Waals surface area contributed by atoms with Gasteiger partial charge in [0.05, 0.1) is 6.54 Å². The summed E-state index contributed by atoms with van der Waals surface area (Å²) >= 11 is 0. The van der Waals surface area contributed by atoms with Gasteiger partial charge in [-0.15, -0.1) is 0 Å². The van der Waals surface area contributed by atoms with Crippen LogP contribution in [0.4, 0.5) is 4.79 Å². The number of guanidine groups is 1.